The Hall–Kier alpha value is -0.650. The van der Waals surface area contributed by atoms with Crippen LogP contribution in [-0.2, 0) is 4.79 Å². The normalized spacial score (nSPS) is 25.2. The third-order valence-electron chi connectivity index (χ3n) is 5.08. The average molecular weight is 296 g/mol. The molecule has 0 saturated carbocycles. The summed E-state index contributed by atoms with van der Waals surface area (Å²) >= 11 is 0. The van der Waals surface area contributed by atoms with E-state index in [1.807, 2.05) is 11.9 Å². The van der Waals surface area contributed by atoms with Crippen molar-refractivity contribution in [3.05, 3.63) is 0 Å². The van der Waals surface area contributed by atoms with Crippen LogP contribution in [-0.4, -0.2) is 86.6 Å². The number of amides is 1. The van der Waals surface area contributed by atoms with Gasteiger partial charge in [-0.1, -0.05) is 6.42 Å². The zero-order valence-electron chi connectivity index (χ0n) is 14.0. The second-order valence-electron chi connectivity index (χ2n) is 6.78. The summed E-state index contributed by atoms with van der Waals surface area (Å²) in [5.41, 5.74) is 0. The quantitative estimate of drug-likeness (QED) is 0.807. The lowest BCUT2D eigenvalue weighted by molar-refractivity contribution is -0.132. The van der Waals surface area contributed by atoms with Crippen molar-refractivity contribution < 1.29 is 4.79 Å². The van der Waals surface area contributed by atoms with Crippen LogP contribution in [0.5, 0.6) is 0 Å². The van der Waals surface area contributed by atoms with E-state index in [0.717, 1.165) is 26.1 Å². The first-order valence-electron chi connectivity index (χ1n) is 8.45. The molecule has 1 N–H and O–H groups in total. The number of hydrogen-bond donors (Lipinski definition) is 1. The molecule has 2 fully saturated rings. The highest BCUT2D eigenvalue weighted by molar-refractivity contribution is 5.81. The second kappa shape index (κ2) is 8.11. The van der Waals surface area contributed by atoms with Crippen LogP contribution in [0.1, 0.15) is 32.1 Å². The van der Waals surface area contributed by atoms with E-state index in [1.165, 1.54) is 38.8 Å². The summed E-state index contributed by atoms with van der Waals surface area (Å²) in [6, 6.07) is 0.731. The van der Waals surface area contributed by atoms with Crippen LogP contribution in [0.3, 0.4) is 0 Å². The third-order valence-corrected chi connectivity index (χ3v) is 5.08. The topological polar surface area (TPSA) is 38.8 Å². The van der Waals surface area contributed by atoms with Gasteiger partial charge in [-0.05, 0) is 59.4 Å². The standard InChI is InChI=1S/C16H32N4O/c1-18-10-7-14(8-11-18)19(2)12-13-20(3)16(21)15-6-4-5-9-17-15/h14-15,17H,4-13H2,1-3H3/t15-/m0/s1. The fourth-order valence-electron chi connectivity index (χ4n) is 3.36. The van der Waals surface area contributed by atoms with E-state index in [-0.39, 0.29) is 11.9 Å². The van der Waals surface area contributed by atoms with Gasteiger partial charge in [0.2, 0.25) is 5.91 Å². The van der Waals surface area contributed by atoms with Crippen molar-refractivity contribution >= 4 is 5.91 Å². The summed E-state index contributed by atoms with van der Waals surface area (Å²) in [6.07, 6.45) is 5.86. The Balaban J connectivity index is 1.70. The number of hydrogen-bond acceptors (Lipinski definition) is 4. The van der Waals surface area contributed by atoms with Gasteiger partial charge in [-0.2, -0.15) is 0 Å². The number of piperidine rings is 2. The van der Waals surface area contributed by atoms with E-state index in [9.17, 15) is 4.79 Å². The Morgan fingerprint density at radius 1 is 1.14 bits per heavy atom. The van der Waals surface area contributed by atoms with E-state index in [2.05, 4.69) is 29.2 Å². The summed E-state index contributed by atoms with van der Waals surface area (Å²) in [5, 5.41) is 3.35. The number of likely N-dealkylation sites (tertiary alicyclic amines) is 1. The molecular weight excluding hydrogens is 264 g/mol. The second-order valence-corrected chi connectivity index (χ2v) is 6.78. The summed E-state index contributed by atoms with van der Waals surface area (Å²) in [5.74, 6) is 0.270. The molecule has 2 rings (SSSR count). The molecule has 5 heteroatoms. The van der Waals surface area contributed by atoms with Gasteiger partial charge in [0.15, 0.2) is 0 Å². The van der Waals surface area contributed by atoms with E-state index < -0.39 is 0 Å². The SMILES string of the molecule is CN1CCC(N(C)CCN(C)C(=O)[C@@H]2CCCCN2)CC1. The van der Waals surface area contributed by atoms with Crippen LogP contribution in [0.4, 0.5) is 0 Å². The molecule has 122 valence electrons. The minimum Gasteiger partial charge on any atom is -0.343 e. The molecule has 2 heterocycles. The van der Waals surface area contributed by atoms with Crippen molar-refractivity contribution in [1.29, 1.82) is 0 Å². The molecule has 21 heavy (non-hydrogen) atoms. The lowest BCUT2D eigenvalue weighted by atomic mass is 10.0. The fourth-order valence-corrected chi connectivity index (χ4v) is 3.36. The number of rotatable bonds is 5. The van der Waals surface area contributed by atoms with Crippen LogP contribution in [0.2, 0.25) is 0 Å². The first kappa shape index (κ1) is 16.7. The van der Waals surface area contributed by atoms with Gasteiger partial charge in [-0.25, -0.2) is 0 Å². The van der Waals surface area contributed by atoms with E-state index >= 15 is 0 Å². The van der Waals surface area contributed by atoms with E-state index in [4.69, 9.17) is 0 Å². The summed E-state index contributed by atoms with van der Waals surface area (Å²) in [4.78, 5) is 19.1. The molecule has 1 atom stereocenters. The van der Waals surface area contributed by atoms with Gasteiger partial charge in [-0.3, -0.25) is 4.79 Å². The van der Waals surface area contributed by atoms with Crippen molar-refractivity contribution in [2.45, 2.75) is 44.2 Å². The summed E-state index contributed by atoms with van der Waals surface area (Å²) < 4.78 is 0. The van der Waals surface area contributed by atoms with Gasteiger partial charge in [0.25, 0.3) is 0 Å². The summed E-state index contributed by atoms with van der Waals surface area (Å²) in [6.45, 7) is 5.18. The minimum atomic E-state index is 0.0531. The maximum atomic E-state index is 12.4. The van der Waals surface area contributed by atoms with Gasteiger partial charge in [0.05, 0.1) is 6.04 Å². The Morgan fingerprint density at radius 2 is 1.86 bits per heavy atom. The smallest absolute Gasteiger partial charge is 0.239 e. The highest BCUT2D eigenvalue weighted by atomic mass is 16.2. The fraction of sp³-hybridized carbons (Fsp3) is 0.938. The lowest BCUT2D eigenvalue weighted by Crippen LogP contribution is -2.49. The molecule has 0 bridgehead atoms. The van der Waals surface area contributed by atoms with Crippen molar-refractivity contribution in [2.75, 3.05) is 53.9 Å². The molecule has 2 saturated heterocycles. The van der Waals surface area contributed by atoms with Gasteiger partial charge >= 0.3 is 0 Å². The summed E-state index contributed by atoms with van der Waals surface area (Å²) in [7, 11) is 6.34. The van der Waals surface area contributed by atoms with E-state index in [0.29, 0.717) is 6.04 Å². The van der Waals surface area contributed by atoms with Crippen molar-refractivity contribution in [2.24, 2.45) is 0 Å². The number of likely N-dealkylation sites (N-methyl/N-ethyl adjacent to an activating group) is 2. The van der Waals surface area contributed by atoms with E-state index in [1.54, 1.807) is 0 Å². The largest absolute Gasteiger partial charge is 0.343 e. The van der Waals surface area contributed by atoms with Crippen LogP contribution < -0.4 is 5.32 Å². The molecular formula is C16H32N4O. The molecule has 0 unspecified atom stereocenters. The monoisotopic (exact) mass is 296 g/mol. The van der Waals surface area contributed by atoms with Crippen molar-refractivity contribution in [1.82, 2.24) is 20.0 Å². The van der Waals surface area contributed by atoms with Crippen LogP contribution in [0, 0.1) is 0 Å². The molecule has 0 aromatic rings. The number of carbonyl (C=O) groups is 1. The number of carbonyl (C=O) groups excluding carboxylic acids is 1. The predicted octanol–water partition coefficient (Wildman–Crippen LogP) is 0.613. The minimum absolute atomic E-state index is 0.0531. The molecule has 5 nitrogen and oxygen atoms in total. The Bertz CT molecular complexity index is 322. The Kier molecular flexibility index (Phi) is 6.45. The molecule has 0 aliphatic carbocycles. The van der Waals surface area contributed by atoms with Gasteiger partial charge < -0.3 is 20.0 Å². The maximum Gasteiger partial charge on any atom is 0.239 e. The van der Waals surface area contributed by atoms with Crippen molar-refractivity contribution in [3.8, 4) is 0 Å². The third kappa shape index (κ3) is 4.94. The van der Waals surface area contributed by atoms with Crippen LogP contribution in [0.15, 0.2) is 0 Å². The Morgan fingerprint density at radius 3 is 2.48 bits per heavy atom. The number of nitrogens with zero attached hydrogens (tertiary/aromatic N) is 3. The molecule has 0 aromatic heterocycles. The highest BCUT2D eigenvalue weighted by Crippen LogP contribution is 2.14. The molecule has 2 aliphatic rings. The first-order chi connectivity index (χ1) is 10.1. The van der Waals surface area contributed by atoms with Gasteiger partial charge in [0.1, 0.15) is 0 Å². The van der Waals surface area contributed by atoms with Crippen LogP contribution >= 0.6 is 0 Å². The molecule has 0 radical (unpaired) electrons. The van der Waals surface area contributed by atoms with Gasteiger partial charge in [0, 0.05) is 26.2 Å². The Labute approximate surface area is 129 Å². The molecule has 2 aliphatic heterocycles. The lowest BCUT2D eigenvalue weighted by Gasteiger charge is -2.36. The zero-order valence-corrected chi connectivity index (χ0v) is 14.0. The molecule has 0 spiro atoms. The highest BCUT2D eigenvalue weighted by Gasteiger charge is 2.25. The van der Waals surface area contributed by atoms with Gasteiger partial charge in [-0.15, -0.1) is 0 Å². The van der Waals surface area contributed by atoms with Crippen LogP contribution in [0.25, 0.3) is 0 Å². The molecule has 1 amide bonds. The number of nitrogens with one attached hydrogen (secondary N) is 1. The predicted molar refractivity (Wildman–Crippen MR) is 86.4 cm³/mol. The van der Waals surface area contributed by atoms with Crippen molar-refractivity contribution in [3.63, 3.8) is 0 Å². The molecule has 0 aromatic carbocycles. The maximum absolute atomic E-state index is 12.4. The average Bonchev–Trinajstić information content (AvgIpc) is 2.53. The zero-order chi connectivity index (χ0) is 15.2. The first-order valence-corrected chi connectivity index (χ1v) is 8.45.